The number of H-pyrrole nitrogens is 1. The molecule has 84 valence electrons. The molecule has 0 saturated heterocycles. The van der Waals surface area contributed by atoms with Gasteiger partial charge in [0.05, 0.1) is 12.1 Å². The van der Waals surface area contributed by atoms with Crippen LogP contribution in [0.1, 0.15) is 56.2 Å². The fraction of sp³-hybridized carbons (Fsp3) is 0.800. The molecule has 1 aromatic heterocycles. The maximum atomic E-state index is 9.33. The number of hydrogen-bond donors (Lipinski definition) is 3. The summed E-state index contributed by atoms with van der Waals surface area (Å²) in [5.74, 6) is 1.96. The molecule has 1 aliphatic rings. The molecule has 0 amide bonds. The smallest absolute Gasteiger partial charge is 0.169 e. The summed E-state index contributed by atoms with van der Waals surface area (Å²) >= 11 is 0. The summed E-state index contributed by atoms with van der Waals surface area (Å²) < 4.78 is 0. The van der Waals surface area contributed by atoms with E-state index in [0.717, 1.165) is 5.82 Å². The van der Waals surface area contributed by atoms with Gasteiger partial charge < -0.3 is 10.8 Å². The Bertz CT molecular complexity index is 300. The quantitative estimate of drug-likeness (QED) is 0.690. The molecule has 0 aromatic carbocycles. The van der Waals surface area contributed by atoms with Gasteiger partial charge in [-0.3, -0.25) is 5.10 Å². The molecule has 1 fully saturated rings. The summed E-state index contributed by atoms with van der Waals surface area (Å²) in [4.78, 5) is 4.36. The van der Waals surface area contributed by atoms with Crippen molar-refractivity contribution in [2.24, 2.45) is 5.73 Å². The number of hydrogen-bond acceptors (Lipinski definition) is 4. The van der Waals surface area contributed by atoms with Crippen LogP contribution in [0.25, 0.3) is 0 Å². The number of rotatable bonds is 3. The molecule has 15 heavy (non-hydrogen) atoms. The molecular formula is C10H18N4O. The summed E-state index contributed by atoms with van der Waals surface area (Å²) in [5.41, 5.74) is 5.75. The Labute approximate surface area is 89.1 Å². The van der Waals surface area contributed by atoms with Gasteiger partial charge in [0.25, 0.3) is 0 Å². The van der Waals surface area contributed by atoms with Gasteiger partial charge in [-0.1, -0.05) is 12.8 Å². The zero-order valence-electron chi connectivity index (χ0n) is 8.98. The lowest BCUT2D eigenvalue weighted by Crippen LogP contribution is -2.24. The predicted molar refractivity (Wildman–Crippen MR) is 56.2 cm³/mol. The van der Waals surface area contributed by atoms with Crippen molar-refractivity contribution in [2.45, 2.75) is 50.7 Å². The molecule has 2 atom stereocenters. The van der Waals surface area contributed by atoms with Gasteiger partial charge in [-0.25, -0.2) is 4.98 Å². The highest BCUT2D eigenvalue weighted by Gasteiger charge is 2.23. The third kappa shape index (κ3) is 2.18. The van der Waals surface area contributed by atoms with Gasteiger partial charge in [-0.2, -0.15) is 5.10 Å². The van der Waals surface area contributed by atoms with E-state index in [1.807, 2.05) is 0 Å². The van der Waals surface area contributed by atoms with Gasteiger partial charge in [0, 0.05) is 5.92 Å². The third-order valence-electron chi connectivity index (χ3n) is 3.08. The fourth-order valence-corrected chi connectivity index (χ4v) is 2.03. The molecule has 5 heteroatoms. The molecule has 1 heterocycles. The standard InChI is InChI=1S/C10H18N4O/c1-6(15)8(11)10-12-9(13-14-10)7-4-2-3-5-7/h6-8,15H,2-5,11H2,1H3,(H,12,13,14). The molecular weight excluding hydrogens is 192 g/mol. The first kappa shape index (κ1) is 10.6. The van der Waals surface area contributed by atoms with Crippen molar-refractivity contribution in [1.82, 2.24) is 15.2 Å². The number of nitrogens with two attached hydrogens (primary N) is 1. The lowest BCUT2D eigenvalue weighted by molar-refractivity contribution is 0.160. The van der Waals surface area contributed by atoms with Crippen LogP contribution in [0.15, 0.2) is 0 Å². The number of nitrogens with one attached hydrogen (secondary N) is 1. The predicted octanol–water partition coefficient (Wildman–Crippen LogP) is 0.843. The van der Waals surface area contributed by atoms with E-state index in [4.69, 9.17) is 5.73 Å². The minimum atomic E-state index is -0.614. The van der Waals surface area contributed by atoms with Gasteiger partial charge in [0.1, 0.15) is 5.82 Å². The summed E-state index contributed by atoms with van der Waals surface area (Å²) in [5, 5.41) is 16.3. The monoisotopic (exact) mass is 210 g/mol. The van der Waals surface area contributed by atoms with Crippen LogP contribution in [0.2, 0.25) is 0 Å². The van der Waals surface area contributed by atoms with E-state index >= 15 is 0 Å². The number of aliphatic hydroxyl groups is 1. The Morgan fingerprint density at radius 2 is 2.13 bits per heavy atom. The van der Waals surface area contributed by atoms with Crippen LogP contribution in [0.5, 0.6) is 0 Å². The molecule has 2 rings (SSSR count). The summed E-state index contributed by atoms with van der Waals surface area (Å²) in [6, 6.07) is -0.489. The molecule has 1 aromatic rings. The highest BCUT2D eigenvalue weighted by Crippen LogP contribution is 2.32. The molecule has 1 saturated carbocycles. The largest absolute Gasteiger partial charge is 0.391 e. The first-order valence-electron chi connectivity index (χ1n) is 5.54. The molecule has 2 unspecified atom stereocenters. The number of nitrogens with zero attached hydrogens (tertiary/aromatic N) is 2. The Balaban J connectivity index is 2.09. The first-order valence-corrected chi connectivity index (χ1v) is 5.54. The van der Waals surface area contributed by atoms with Gasteiger partial charge in [-0.15, -0.1) is 0 Å². The van der Waals surface area contributed by atoms with Gasteiger partial charge >= 0.3 is 0 Å². The van der Waals surface area contributed by atoms with E-state index in [1.54, 1.807) is 6.92 Å². The second kappa shape index (κ2) is 4.28. The summed E-state index contributed by atoms with van der Waals surface area (Å²) in [7, 11) is 0. The highest BCUT2D eigenvalue weighted by molar-refractivity contribution is 5.03. The average molecular weight is 210 g/mol. The molecule has 0 radical (unpaired) electrons. The van der Waals surface area contributed by atoms with Crippen LogP contribution in [-0.2, 0) is 0 Å². The van der Waals surface area contributed by atoms with Crippen molar-refractivity contribution >= 4 is 0 Å². The van der Waals surface area contributed by atoms with E-state index in [-0.39, 0.29) is 0 Å². The molecule has 0 bridgehead atoms. The summed E-state index contributed by atoms with van der Waals surface area (Å²) in [6.45, 7) is 1.65. The molecule has 0 spiro atoms. The number of aromatic nitrogens is 3. The van der Waals surface area contributed by atoms with E-state index in [1.165, 1.54) is 25.7 Å². The fourth-order valence-electron chi connectivity index (χ4n) is 2.03. The van der Waals surface area contributed by atoms with Gasteiger partial charge in [-0.05, 0) is 19.8 Å². The van der Waals surface area contributed by atoms with Gasteiger partial charge in [0.15, 0.2) is 5.82 Å². The van der Waals surface area contributed by atoms with E-state index < -0.39 is 12.1 Å². The minimum absolute atomic E-state index is 0.489. The van der Waals surface area contributed by atoms with E-state index in [0.29, 0.717) is 11.7 Å². The average Bonchev–Trinajstić information content (AvgIpc) is 2.86. The summed E-state index contributed by atoms with van der Waals surface area (Å²) in [6.07, 6.45) is 4.28. The second-order valence-corrected chi connectivity index (χ2v) is 4.33. The van der Waals surface area contributed by atoms with E-state index in [9.17, 15) is 5.11 Å². The maximum absolute atomic E-state index is 9.33. The van der Waals surface area contributed by atoms with Crippen LogP contribution in [0, 0.1) is 0 Å². The maximum Gasteiger partial charge on any atom is 0.169 e. The van der Waals surface area contributed by atoms with Crippen molar-refractivity contribution in [3.05, 3.63) is 11.6 Å². The lowest BCUT2D eigenvalue weighted by Gasteiger charge is -2.09. The topological polar surface area (TPSA) is 87.8 Å². The Hall–Kier alpha value is -0.940. The molecule has 1 aliphatic carbocycles. The van der Waals surface area contributed by atoms with E-state index in [2.05, 4.69) is 15.2 Å². The van der Waals surface area contributed by atoms with Crippen molar-refractivity contribution in [2.75, 3.05) is 0 Å². The minimum Gasteiger partial charge on any atom is -0.391 e. The van der Waals surface area contributed by atoms with Crippen LogP contribution in [0.4, 0.5) is 0 Å². The first-order chi connectivity index (χ1) is 7.18. The van der Waals surface area contributed by atoms with Crippen molar-refractivity contribution in [1.29, 1.82) is 0 Å². The Morgan fingerprint density at radius 3 is 2.73 bits per heavy atom. The van der Waals surface area contributed by atoms with Crippen LogP contribution in [0.3, 0.4) is 0 Å². The van der Waals surface area contributed by atoms with Crippen molar-refractivity contribution in [3.63, 3.8) is 0 Å². The SMILES string of the molecule is CC(O)C(N)c1n[nH]c(C2CCCC2)n1. The molecule has 4 N–H and O–H groups in total. The Kier molecular flexibility index (Phi) is 3.02. The highest BCUT2D eigenvalue weighted by atomic mass is 16.3. The molecule has 0 aliphatic heterocycles. The number of aliphatic hydroxyl groups excluding tert-OH is 1. The number of aromatic amines is 1. The molecule has 5 nitrogen and oxygen atoms in total. The third-order valence-corrected chi connectivity index (χ3v) is 3.08. The lowest BCUT2D eigenvalue weighted by atomic mass is 10.1. The van der Waals surface area contributed by atoms with Gasteiger partial charge in [0.2, 0.25) is 0 Å². The Morgan fingerprint density at radius 1 is 1.47 bits per heavy atom. The normalized spacial score (nSPS) is 21.8. The second-order valence-electron chi connectivity index (χ2n) is 4.33. The zero-order chi connectivity index (χ0) is 10.8. The van der Waals surface area contributed by atoms with Crippen LogP contribution >= 0.6 is 0 Å². The van der Waals surface area contributed by atoms with Crippen LogP contribution in [-0.4, -0.2) is 26.4 Å². The van der Waals surface area contributed by atoms with Crippen molar-refractivity contribution in [3.8, 4) is 0 Å². The van der Waals surface area contributed by atoms with Crippen LogP contribution < -0.4 is 5.73 Å². The zero-order valence-corrected chi connectivity index (χ0v) is 8.98. The van der Waals surface area contributed by atoms with Crippen molar-refractivity contribution < 1.29 is 5.11 Å².